The molecular weight excluding hydrogens is 597 g/mol. The maximum Gasteiger partial charge on any atom is 0.352 e. The molecule has 2 aromatic rings. The van der Waals surface area contributed by atoms with Crippen LogP contribution in [-0.2, 0) is 32.2 Å². The van der Waals surface area contributed by atoms with Gasteiger partial charge in [-0.25, -0.2) is 28.3 Å². The van der Waals surface area contributed by atoms with Gasteiger partial charge in [-0.2, -0.15) is 0 Å². The van der Waals surface area contributed by atoms with E-state index in [1.165, 1.54) is 16.5 Å². The minimum atomic E-state index is -1.85. The molecule has 3 fully saturated rings. The third-order valence-corrected chi connectivity index (χ3v) is 11.9. The van der Waals surface area contributed by atoms with Crippen molar-refractivity contribution >= 4 is 35.0 Å². The second-order valence-electron chi connectivity index (χ2n) is 12.9. The van der Waals surface area contributed by atoms with Crippen molar-refractivity contribution in [1.82, 2.24) is 13.9 Å². The van der Waals surface area contributed by atoms with Crippen LogP contribution in [0, 0.1) is 28.6 Å². The van der Waals surface area contributed by atoms with Crippen molar-refractivity contribution in [3.05, 3.63) is 62.9 Å². The first-order valence-electron chi connectivity index (χ1n) is 14.8. The molecule has 232 valence electrons. The van der Waals surface area contributed by atoms with Crippen molar-refractivity contribution in [2.75, 3.05) is 7.11 Å². The molecule has 2 heterocycles. The Morgan fingerprint density at radius 3 is 2.42 bits per heavy atom. The summed E-state index contributed by atoms with van der Waals surface area (Å²) in [6.07, 6.45) is 2.13. The van der Waals surface area contributed by atoms with Gasteiger partial charge < -0.3 is 14.6 Å². The van der Waals surface area contributed by atoms with Gasteiger partial charge >= 0.3 is 17.3 Å². The highest BCUT2D eigenvalue weighted by molar-refractivity contribution is 6.52. The lowest BCUT2D eigenvalue weighted by molar-refractivity contribution is -0.234. The lowest BCUT2D eigenvalue weighted by Crippen LogP contribution is -2.69. The Kier molecular flexibility index (Phi) is 7.39. The van der Waals surface area contributed by atoms with Crippen LogP contribution in [0.5, 0.6) is 0 Å². The zero-order valence-electron chi connectivity index (χ0n) is 24.7. The van der Waals surface area contributed by atoms with E-state index in [1.807, 2.05) is 32.9 Å². The first kappa shape index (κ1) is 30.4. The SMILES string of the molecule is CO[C@H]1C[C@@]23CC[C@@H](C)[C@@](C)([C@H](OC(=O)C(Cl)Cl)C[C@@H](C4=CCn5c(=O)n(-c6ccccc6)c(=O)n5C4)[C@@H]2C)[C@]3(O)C1=O. The molecule has 12 heteroatoms. The standard InChI is InChI=1S/C31H37Cl2N3O7/c1-17-10-12-30-15-22(42-4)24(37)31(30,41)29(17,3)23(43-26(38)25(32)33)14-21(18(30)2)19-11-13-34-27(39)36(28(40)35(34)16-19)20-8-6-5-7-9-20/h5-9,11,17-18,21-23,25,41H,10,12-16H2,1-4H3/t17-,18+,21-,22+,23-,29+,30+,31-/m1/s1. The van der Waals surface area contributed by atoms with Crippen molar-refractivity contribution in [1.29, 1.82) is 0 Å². The van der Waals surface area contributed by atoms with Crippen LogP contribution in [0.1, 0.15) is 46.5 Å². The first-order valence-corrected chi connectivity index (χ1v) is 15.7. The minimum Gasteiger partial charge on any atom is -0.460 e. The summed E-state index contributed by atoms with van der Waals surface area (Å²) in [4.78, 5) is 52.5. The molecule has 0 radical (unpaired) electrons. The Morgan fingerprint density at radius 1 is 1.09 bits per heavy atom. The summed E-state index contributed by atoms with van der Waals surface area (Å²) < 4.78 is 15.7. The second-order valence-corrected chi connectivity index (χ2v) is 14.0. The van der Waals surface area contributed by atoms with Crippen LogP contribution in [0.25, 0.3) is 5.69 Å². The van der Waals surface area contributed by atoms with Gasteiger partial charge in [-0.3, -0.25) is 4.79 Å². The summed E-state index contributed by atoms with van der Waals surface area (Å²) in [5, 5.41) is 12.8. The number of esters is 1. The van der Waals surface area contributed by atoms with E-state index in [-0.39, 0.29) is 37.3 Å². The number of hydrogen-bond acceptors (Lipinski definition) is 7. The third-order valence-electron chi connectivity index (χ3n) is 11.5. The Hall–Kier alpha value is -2.66. The van der Waals surface area contributed by atoms with Crippen molar-refractivity contribution in [3.63, 3.8) is 0 Å². The summed E-state index contributed by atoms with van der Waals surface area (Å²) in [5.41, 5.74) is -3.42. The number of alkyl halides is 2. The number of nitrogens with zero attached hydrogens (tertiary/aromatic N) is 3. The van der Waals surface area contributed by atoms with Crippen molar-refractivity contribution < 1.29 is 24.2 Å². The zero-order valence-corrected chi connectivity index (χ0v) is 26.2. The minimum absolute atomic E-state index is 0.139. The molecule has 0 amide bonds. The van der Waals surface area contributed by atoms with Gasteiger partial charge in [0.25, 0.3) is 0 Å². The van der Waals surface area contributed by atoms with Crippen LogP contribution in [0.15, 0.2) is 51.6 Å². The number of halogens is 2. The molecule has 8 atom stereocenters. The van der Waals surface area contributed by atoms with Gasteiger partial charge in [-0.15, -0.1) is 0 Å². The van der Waals surface area contributed by atoms with Gasteiger partial charge in [-0.05, 0) is 61.1 Å². The Labute approximate surface area is 259 Å². The van der Waals surface area contributed by atoms with Gasteiger partial charge in [0.2, 0.25) is 4.84 Å². The molecule has 4 aliphatic rings. The maximum atomic E-state index is 14.1. The highest BCUT2D eigenvalue weighted by atomic mass is 35.5. The van der Waals surface area contributed by atoms with Gasteiger partial charge in [0, 0.05) is 17.9 Å². The fourth-order valence-corrected chi connectivity index (χ4v) is 9.11. The average Bonchev–Trinajstić information content (AvgIpc) is 3.38. The van der Waals surface area contributed by atoms with Crippen molar-refractivity contribution in [2.24, 2.45) is 28.6 Å². The molecule has 43 heavy (non-hydrogen) atoms. The predicted octanol–water partition coefficient (Wildman–Crippen LogP) is 3.25. The fourth-order valence-electron chi connectivity index (χ4n) is 9.00. The molecular formula is C31H37Cl2N3O7. The fraction of sp³-hybridized carbons (Fsp3) is 0.613. The molecule has 6 rings (SSSR count). The first-order chi connectivity index (χ1) is 20.3. The van der Waals surface area contributed by atoms with Crippen molar-refractivity contribution in [3.8, 4) is 5.69 Å². The zero-order chi connectivity index (χ0) is 31.1. The molecule has 10 nitrogen and oxygen atoms in total. The van der Waals surface area contributed by atoms with Crippen LogP contribution in [-0.4, -0.2) is 60.5 Å². The number of allylic oxidation sites excluding steroid dienone is 2. The van der Waals surface area contributed by atoms with E-state index in [0.717, 1.165) is 10.1 Å². The van der Waals surface area contributed by atoms with Gasteiger partial charge in [0.1, 0.15) is 17.8 Å². The van der Waals surface area contributed by atoms with E-state index in [1.54, 1.807) is 24.3 Å². The number of aromatic nitrogens is 3. The number of carbonyl (C=O) groups excluding carboxylic acids is 2. The molecule has 0 spiro atoms. The summed E-state index contributed by atoms with van der Waals surface area (Å²) in [7, 11) is 1.47. The number of Topliss-reactive ketones (excluding diaryl/α,β-unsaturated/α-hetero) is 1. The van der Waals surface area contributed by atoms with Crippen LogP contribution in [0.4, 0.5) is 0 Å². The second kappa shape index (κ2) is 10.5. The lowest BCUT2D eigenvalue weighted by Gasteiger charge is -2.60. The summed E-state index contributed by atoms with van der Waals surface area (Å²) in [6.45, 7) is 6.16. The third kappa shape index (κ3) is 3.98. The molecule has 0 saturated heterocycles. The Balaban J connectivity index is 1.48. The summed E-state index contributed by atoms with van der Waals surface area (Å²) >= 11 is 11.9. The number of aliphatic hydroxyl groups is 1. The monoisotopic (exact) mass is 633 g/mol. The lowest BCUT2D eigenvalue weighted by atomic mass is 9.46. The highest BCUT2D eigenvalue weighted by Crippen LogP contribution is 2.71. The number of para-hydroxylation sites is 1. The molecule has 1 aliphatic heterocycles. The van der Waals surface area contributed by atoms with Gasteiger partial charge in [0.15, 0.2) is 5.78 Å². The number of ketones is 1. The van der Waals surface area contributed by atoms with Crippen molar-refractivity contribution in [2.45, 2.75) is 82.2 Å². The molecule has 1 aromatic heterocycles. The molecule has 1 N–H and O–H groups in total. The van der Waals surface area contributed by atoms with Crippen LogP contribution in [0.3, 0.4) is 0 Å². The molecule has 3 saturated carbocycles. The molecule has 2 bridgehead atoms. The average molecular weight is 635 g/mol. The van der Waals surface area contributed by atoms with E-state index in [0.29, 0.717) is 24.9 Å². The van der Waals surface area contributed by atoms with Gasteiger partial charge in [-0.1, -0.05) is 68.2 Å². The Morgan fingerprint density at radius 2 is 1.77 bits per heavy atom. The normalized spacial score (nSPS) is 37.0. The molecule has 0 unspecified atom stereocenters. The van der Waals surface area contributed by atoms with Crippen LogP contribution < -0.4 is 11.4 Å². The smallest absolute Gasteiger partial charge is 0.352 e. The summed E-state index contributed by atoms with van der Waals surface area (Å²) in [6, 6.07) is 8.77. The van der Waals surface area contributed by atoms with E-state index >= 15 is 0 Å². The largest absolute Gasteiger partial charge is 0.460 e. The number of ether oxygens (including phenoxy) is 2. The number of methoxy groups -OCH3 is 1. The van der Waals surface area contributed by atoms with E-state index in [2.05, 4.69) is 0 Å². The predicted molar refractivity (Wildman–Crippen MR) is 159 cm³/mol. The number of carbonyl (C=O) groups is 2. The number of rotatable bonds is 5. The number of hydrogen-bond donors (Lipinski definition) is 1. The van der Waals surface area contributed by atoms with E-state index in [9.17, 15) is 24.3 Å². The number of benzene rings is 1. The van der Waals surface area contributed by atoms with Gasteiger partial charge in [0.05, 0.1) is 18.8 Å². The maximum absolute atomic E-state index is 14.1. The number of fused-ring (bicyclic) bond motifs is 1. The Bertz CT molecular complexity index is 1610. The van der Waals surface area contributed by atoms with Crippen LogP contribution in [0.2, 0.25) is 0 Å². The highest BCUT2D eigenvalue weighted by Gasteiger charge is 2.78. The molecule has 3 aliphatic carbocycles. The van der Waals surface area contributed by atoms with Crippen LogP contribution >= 0.6 is 23.2 Å². The van der Waals surface area contributed by atoms with E-state index in [4.69, 9.17) is 32.7 Å². The molecule has 1 aromatic carbocycles. The summed E-state index contributed by atoms with van der Waals surface area (Å²) in [5.74, 6) is -2.00. The quantitative estimate of drug-likeness (QED) is 0.305. The topological polar surface area (TPSA) is 122 Å². The van der Waals surface area contributed by atoms with E-state index < -0.39 is 56.6 Å².